The fraction of sp³-hybridized carbons (Fsp3) is 0.250. The molecule has 0 saturated carbocycles. The van der Waals surface area contributed by atoms with Gasteiger partial charge in [-0.05, 0) is 27.6 Å². The van der Waals surface area contributed by atoms with Crippen molar-refractivity contribution in [2.75, 3.05) is 7.11 Å². The average Bonchev–Trinajstić information content (AvgIpc) is 2.97. The molecule has 23 heavy (non-hydrogen) atoms. The number of rotatable bonds is 6. The lowest BCUT2D eigenvalue weighted by molar-refractivity contribution is -0.143. The van der Waals surface area contributed by atoms with Crippen molar-refractivity contribution in [3.63, 3.8) is 0 Å². The van der Waals surface area contributed by atoms with Crippen molar-refractivity contribution in [2.45, 2.75) is 19.1 Å². The number of amides is 1. The van der Waals surface area contributed by atoms with E-state index in [2.05, 4.69) is 21.2 Å². The summed E-state index contributed by atoms with van der Waals surface area (Å²) in [6, 6.07) is 10.1. The van der Waals surface area contributed by atoms with Crippen LogP contribution in [0, 0.1) is 0 Å². The zero-order valence-electron chi connectivity index (χ0n) is 12.5. The third-order valence-corrected chi connectivity index (χ3v) is 3.78. The van der Waals surface area contributed by atoms with E-state index in [0.717, 1.165) is 5.56 Å². The van der Waals surface area contributed by atoms with Gasteiger partial charge in [0.2, 0.25) is 0 Å². The third kappa shape index (κ3) is 5.14. The van der Waals surface area contributed by atoms with E-state index in [4.69, 9.17) is 13.9 Å². The first kappa shape index (κ1) is 17.1. The summed E-state index contributed by atoms with van der Waals surface area (Å²) in [5.74, 6) is -0.0475. The van der Waals surface area contributed by atoms with Gasteiger partial charge in [0, 0.05) is 6.42 Å². The van der Waals surface area contributed by atoms with E-state index < -0.39 is 18.1 Å². The predicted molar refractivity (Wildman–Crippen MR) is 85.7 cm³/mol. The summed E-state index contributed by atoms with van der Waals surface area (Å²) in [7, 11) is 1.25. The summed E-state index contributed by atoms with van der Waals surface area (Å²) in [6.07, 6.45) is 0.939. The van der Waals surface area contributed by atoms with Gasteiger partial charge in [-0.15, -0.1) is 0 Å². The molecule has 2 rings (SSSR count). The van der Waals surface area contributed by atoms with Crippen molar-refractivity contribution in [2.24, 2.45) is 0 Å². The molecular weight excluding hydrogens is 366 g/mol. The topological polar surface area (TPSA) is 77.8 Å². The first-order chi connectivity index (χ1) is 11.1. The number of ether oxygens (including phenoxy) is 2. The molecule has 7 heteroatoms. The Labute approximate surface area is 141 Å². The molecule has 0 aliphatic rings. The summed E-state index contributed by atoms with van der Waals surface area (Å²) in [4.78, 5) is 23.7. The Kier molecular flexibility index (Phi) is 6.22. The van der Waals surface area contributed by atoms with Crippen molar-refractivity contribution >= 4 is 28.0 Å². The minimum Gasteiger partial charge on any atom is -0.468 e. The number of esters is 1. The highest BCUT2D eigenvalue weighted by atomic mass is 79.9. The third-order valence-electron chi connectivity index (χ3n) is 3.07. The van der Waals surface area contributed by atoms with Gasteiger partial charge in [-0.3, -0.25) is 0 Å². The lowest BCUT2D eigenvalue weighted by Crippen LogP contribution is -2.43. The second kappa shape index (κ2) is 8.38. The van der Waals surface area contributed by atoms with E-state index in [1.54, 1.807) is 6.07 Å². The van der Waals surface area contributed by atoms with Gasteiger partial charge in [0.15, 0.2) is 0 Å². The molecule has 0 aliphatic heterocycles. The van der Waals surface area contributed by atoms with Crippen molar-refractivity contribution in [3.05, 3.63) is 58.5 Å². The standard InChI is InChI=1S/C16H16BrNO5/c1-21-15(19)13(9-14-12(17)7-8-22-14)18-16(20)23-10-11-5-3-2-4-6-11/h2-8,13H,9-10H2,1H3,(H,18,20). The number of hydrogen-bond acceptors (Lipinski definition) is 5. The Morgan fingerprint density at radius 1 is 1.26 bits per heavy atom. The van der Waals surface area contributed by atoms with Gasteiger partial charge in [-0.1, -0.05) is 30.3 Å². The van der Waals surface area contributed by atoms with Crippen molar-refractivity contribution < 1.29 is 23.5 Å². The SMILES string of the molecule is COC(=O)C(Cc1occc1Br)NC(=O)OCc1ccccc1. The number of benzene rings is 1. The summed E-state index contributed by atoms with van der Waals surface area (Å²) in [6.45, 7) is 0.116. The Hall–Kier alpha value is -2.28. The minimum absolute atomic E-state index is 0.116. The van der Waals surface area contributed by atoms with Crippen LogP contribution in [0.2, 0.25) is 0 Å². The van der Waals surface area contributed by atoms with Crippen LogP contribution in [0.25, 0.3) is 0 Å². The van der Waals surface area contributed by atoms with Crippen LogP contribution in [0.1, 0.15) is 11.3 Å². The molecule has 1 heterocycles. The molecule has 0 saturated heterocycles. The zero-order valence-corrected chi connectivity index (χ0v) is 14.0. The van der Waals surface area contributed by atoms with Crippen LogP contribution in [0.3, 0.4) is 0 Å². The van der Waals surface area contributed by atoms with Crippen molar-refractivity contribution in [1.82, 2.24) is 5.32 Å². The van der Waals surface area contributed by atoms with Crippen molar-refractivity contribution in [1.29, 1.82) is 0 Å². The van der Waals surface area contributed by atoms with Gasteiger partial charge >= 0.3 is 12.1 Å². The molecular formula is C16H16BrNO5. The number of alkyl carbamates (subject to hydrolysis) is 1. The molecule has 1 atom stereocenters. The maximum atomic E-state index is 11.9. The number of carbonyl (C=O) groups is 2. The number of methoxy groups -OCH3 is 1. The monoisotopic (exact) mass is 381 g/mol. The second-order valence-corrected chi connectivity index (χ2v) is 5.53. The van der Waals surface area contributed by atoms with E-state index in [1.165, 1.54) is 13.4 Å². The number of furan rings is 1. The van der Waals surface area contributed by atoms with Crippen LogP contribution in [0.5, 0.6) is 0 Å². The van der Waals surface area contributed by atoms with Crippen LogP contribution in [0.15, 0.2) is 51.6 Å². The van der Waals surface area contributed by atoms with Gasteiger partial charge in [-0.25, -0.2) is 9.59 Å². The highest BCUT2D eigenvalue weighted by molar-refractivity contribution is 9.10. The fourth-order valence-electron chi connectivity index (χ4n) is 1.90. The maximum absolute atomic E-state index is 11.9. The second-order valence-electron chi connectivity index (χ2n) is 4.68. The van der Waals surface area contributed by atoms with Crippen LogP contribution >= 0.6 is 15.9 Å². The molecule has 0 radical (unpaired) electrons. The number of hydrogen-bond donors (Lipinski definition) is 1. The van der Waals surface area contributed by atoms with Crippen LogP contribution < -0.4 is 5.32 Å². The molecule has 0 fully saturated rings. The molecule has 1 unspecified atom stereocenters. The van der Waals surface area contributed by atoms with Gasteiger partial charge in [0.25, 0.3) is 0 Å². The van der Waals surface area contributed by atoms with Gasteiger partial charge in [-0.2, -0.15) is 0 Å². The summed E-state index contributed by atoms with van der Waals surface area (Å²) in [5, 5.41) is 2.49. The van der Waals surface area contributed by atoms with Gasteiger partial charge in [0.1, 0.15) is 18.4 Å². The quantitative estimate of drug-likeness (QED) is 0.778. The number of carbonyl (C=O) groups excluding carboxylic acids is 2. The molecule has 0 spiro atoms. The maximum Gasteiger partial charge on any atom is 0.408 e. The highest BCUT2D eigenvalue weighted by Gasteiger charge is 2.25. The van der Waals surface area contributed by atoms with E-state index in [9.17, 15) is 9.59 Å². The largest absolute Gasteiger partial charge is 0.468 e. The van der Waals surface area contributed by atoms with Crippen molar-refractivity contribution in [3.8, 4) is 0 Å². The Morgan fingerprint density at radius 2 is 2.00 bits per heavy atom. The van der Waals surface area contributed by atoms with Gasteiger partial charge < -0.3 is 19.2 Å². The Bertz CT molecular complexity index is 656. The Morgan fingerprint density at radius 3 is 2.61 bits per heavy atom. The highest BCUT2D eigenvalue weighted by Crippen LogP contribution is 2.19. The Balaban J connectivity index is 1.93. The van der Waals surface area contributed by atoms with Crippen LogP contribution in [-0.2, 0) is 27.3 Å². The minimum atomic E-state index is -0.897. The molecule has 6 nitrogen and oxygen atoms in total. The molecule has 1 N–H and O–H groups in total. The molecule has 0 bridgehead atoms. The molecule has 2 aromatic rings. The lowest BCUT2D eigenvalue weighted by atomic mass is 10.2. The molecule has 1 aromatic heterocycles. The molecule has 122 valence electrons. The number of halogens is 1. The normalized spacial score (nSPS) is 11.6. The average molecular weight is 382 g/mol. The summed E-state index contributed by atoms with van der Waals surface area (Å²) >= 11 is 3.30. The van der Waals surface area contributed by atoms with Crippen LogP contribution in [0.4, 0.5) is 4.79 Å². The fourth-order valence-corrected chi connectivity index (χ4v) is 2.26. The lowest BCUT2D eigenvalue weighted by Gasteiger charge is -2.15. The zero-order chi connectivity index (χ0) is 16.7. The first-order valence-corrected chi connectivity index (χ1v) is 7.66. The molecule has 1 amide bonds. The van der Waals surface area contributed by atoms with Crippen LogP contribution in [-0.4, -0.2) is 25.2 Å². The summed E-state index contributed by atoms with van der Waals surface area (Å²) in [5.41, 5.74) is 0.853. The van der Waals surface area contributed by atoms with Gasteiger partial charge in [0.05, 0.1) is 17.8 Å². The smallest absolute Gasteiger partial charge is 0.408 e. The molecule has 1 aromatic carbocycles. The summed E-state index contributed by atoms with van der Waals surface area (Å²) < 4.78 is 15.8. The van der Waals surface area contributed by atoms with E-state index in [-0.39, 0.29) is 13.0 Å². The molecule has 0 aliphatic carbocycles. The van der Waals surface area contributed by atoms with E-state index in [0.29, 0.717) is 10.2 Å². The van der Waals surface area contributed by atoms with E-state index >= 15 is 0 Å². The predicted octanol–water partition coefficient (Wildman–Crippen LogP) is 3.05. The van der Waals surface area contributed by atoms with E-state index in [1.807, 2.05) is 30.3 Å². The first-order valence-electron chi connectivity index (χ1n) is 6.87. The number of nitrogens with one attached hydrogen (secondary N) is 1.